The molecular weight excluding hydrogens is 156 g/mol. The molecule has 0 aromatic heterocycles. The van der Waals surface area contributed by atoms with Crippen molar-refractivity contribution >= 4 is 0 Å². The van der Waals surface area contributed by atoms with Crippen LogP contribution in [0.1, 0.15) is 6.42 Å². The summed E-state index contributed by atoms with van der Waals surface area (Å²) >= 11 is 0. The van der Waals surface area contributed by atoms with Crippen molar-refractivity contribution in [1.82, 2.24) is 10.2 Å². The maximum Gasteiger partial charge on any atom is 0.0897 e. The first-order valence-electron chi connectivity index (χ1n) is 4.47. The highest BCUT2D eigenvalue weighted by Gasteiger charge is 2.12. The summed E-state index contributed by atoms with van der Waals surface area (Å²) in [4.78, 5) is 2.15. The van der Waals surface area contributed by atoms with Crippen molar-refractivity contribution in [2.75, 3.05) is 39.3 Å². The second-order valence-electron chi connectivity index (χ2n) is 3.16. The van der Waals surface area contributed by atoms with E-state index in [9.17, 15) is 5.11 Å². The molecule has 1 fully saturated rings. The van der Waals surface area contributed by atoms with E-state index in [2.05, 4.69) is 10.2 Å². The van der Waals surface area contributed by atoms with E-state index in [1.54, 1.807) is 0 Å². The third-order valence-electron chi connectivity index (χ3n) is 2.04. The largest absolute Gasteiger partial charge is 0.394 e. The molecule has 0 saturated carbocycles. The van der Waals surface area contributed by atoms with Crippen LogP contribution in [0.4, 0.5) is 0 Å². The fraction of sp³-hybridized carbons (Fsp3) is 1.00. The normalized spacial score (nSPS) is 23.5. The van der Waals surface area contributed by atoms with E-state index in [-0.39, 0.29) is 6.61 Å². The predicted octanol–water partition coefficient (Wildman–Crippen LogP) is -1.35. The number of aliphatic hydroxyl groups is 2. The smallest absolute Gasteiger partial charge is 0.0897 e. The van der Waals surface area contributed by atoms with Crippen molar-refractivity contribution in [3.05, 3.63) is 0 Å². The summed E-state index contributed by atoms with van der Waals surface area (Å²) in [6.45, 7) is 4.13. The Morgan fingerprint density at radius 1 is 1.33 bits per heavy atom. The van der Waals surface area contributed by atoms with Crippen LogP contribution in [-0.4, -0.2) is 60.5 Å². The molecule has 2 N–H and O–H groups in total. The highest BCUT2D eigenvalue weighted by molar-refractivity contribution is 4.68. The first-order chi connectivity index (χ1) is 5.83. The van der Waals surface area contributed by atoms with Crippen molar-refractivity contribution in [3.63, 3.8) is 0 Å². The number of hydrogen-bond donors (Lipinski definition) is 2. The summed E-state index contributed by atoms with van der Waals surface area (Å²) in [7, 11) is 0. The molecule has 1 heterocycles. The SMILES string of the molecule is OCC(O)CN1CCC[N]CC1. The molecule has 1 saturated heterocycles. The molecule has 12 heavy (non-hydrogen) atoms. The van der Waals surface area contributed by atoms with Gasteiger partial charge in [0.1, 0.15) is 0 Å². The average molecular weight is 173 g/mol. The Hall–Kier alpha value is -0.160. The van der Waals surface area contributed by atoms with Crippen molar-refractivity contribution in [1.29, 1.82) is 0 Å². The van der Waals surface area contributed by atoms with E-state index >= 15 is 0 Å². The van der Waals surface area contributed by atoms with Gasteiger partial charge in [-0.25, -0.2) is 5.32 Å². The highest BCUT2D eigenvalue weighted by atomic mass is 16.3. The molecule has 1 aliphatic heterocycles. The average Bonchev–Trinajstić information content (AvgIpc) is 2.33. The standard InChI is InChI=1S/C8H17N2O2/c11-7-8(12)6-10-4-1-2-9-3-5-10/h8,11-12H,1-7H2. The maximum absolute atomic E-state index is 9.18. The third kappa shape index (κ3) is 3.49. The summed E-state index contributed by atoms with van der Waals surface area (Å²) in [5.74, 6) is 0. The summed E-state index contributed by atoms with van der Waals surface area (Å²) in [6, 6.07) is 0. The Labute approximate surface area is 73.2 Å². The summed E-state index contributed by atoms with van der Waals surface area (Å²) in [5.41, 5.74) is 0. The molecule has 0 amide bonds. The lowest BCUT2D eigenvalue weighted by molar-refractivity contribution is 0.0611. The highest BCUT2D eigenvalue weighted by Crippen LogP contribution is 1.97. The van der Waals surface area contributed by atoms with Gasteiger partial charge in [-0.1, -0.05) is 0 Å². The van der Waals surface area contributed by atoms with Crippen molar-refractivity contribution in [2.45, 2.75) is 12.5 Å². The molecular formula is C8H17N2O2. The van der Waals surface area contributed by atoms with Gasteiger partial charge in [-0.2, -0.15) is 0 Å². The van der Waals surface area contributed by atoms with Crippen LogP contribution in [0.3, 0.4) is 0 Å². The van der Waals surface area contributed by atoms with Gasteiger partial charge in [-0.15, -0.1) is 0 Å². The molecule has 1 rings (SSSR count). The molecule has 0 aromatic carbocycles. The zero-order chi connectivity index (χ0) is 8.81. The first-order valence-corrected chi connectivity index (χ1v) is 4.47. The predicted molar refractivity (Wildman–Crippen MR) is 46.0 cm³/mol. The topological polar surface area (TPSA) is 57.8 Å². The Bertz CT molecular complexity index is 114. The number of rotatable bonds is 3. The molecule has 1 unspecified atom stereocenters. The minimum atomic E-state index is -0.594. The maximum atomic E-state index is 9.18. The molecule has 4 heteroatoms. The molecule has 4 nitrogen and oxygen atoms in total. The van der Waals surface area contributed by atoms with E-state index in [4.69, 9.17) is 5.11 Å². The monoisotopic (exact) mass is 173 g/mol. The number of β-amino-alcohol motifs (C(OH)–C–C–N with tert-alkyl or cyclic N) is 1. The second-order valence-corrected chi connectivity index (χ2v) is 3.16. The Morgan fingerprint density at radius 3 is 2.92 bits per heavy atom. The van der Waals surface area contributed by atoms with E-state index in [0.29, 0.717) is 6.54 Å². The van der Waals surface area contributed by atoms with Gasteiger partial charge in [0.15, 0.2) is 0 Å². The van der Waals surface area contributed by atoms with Crippen LogP contribution in [-0.2, 0) is 0 Å². The van der Waals surface area contributed by atoms with Crippen LogP contribution in [0.15, 0.2) is 0 Å². The van der Waals surface area contributed by atoms with Gasteiger partial charge in [0, 0.05) is 26.2 Å². The molecule has 0 aromatic rings. The van der Waals surface area contributed by atoms with Gasteiger partial charge < -0.3 is 10.2 Å². The molecule has 0 aliphatic carbocycles. The molecule has 0 spiro atoms. The van der Waals surface area contributed by atoms with Crippen LogP contribution < -0.4 is 5.32 Å². The van der Waals surface area contributed by atoms with Gasteiger partial charge in [-0.3, -0.25) is 4.90 Å². The van der Waals surface area contributed by atoms with Gasteiger partial charge in [0.2, 0.25) is 0 Å². The lowest BCUT2D eigenvalue weighted by Gasteiger charge is -2.21. The fourth-order valence-corrected chi connectivity index (χ4v) is 1.38. The minimum absolute atomic E-state index is 0.145. The third-order valence-corrected chi connectivity index (χ3v) is 2.04. The quantitative estimate of drug-likeness (QED) is 0.555. The van der Waals surface area contributed by atoms with E-state index in [1.165, 1.54) is 0 Å². The van der Waals surface area contributed by atoms with Gasteiger partial charge in [0.25, 0.3) is 0 Å². The minimum Gasteiger partial charge on any atom is -0.394 e. The molecule has 71 valence electrons. The van der Waals surface area contributed by atoms with Gasteiger partial charge >= 0.3 is 0 Å². The van der Waals surface area contributed by atoms with E-state index in [1.807, 2.05) is 0 Å². The Morgan fingerprint density at radius 2 is 2.17 bits per heavy atom. The van der Waals surface area contributed by atoms with Gasteiger partial charge in [0.05, 0.1) is 12.7 Å². The Kier molecular flexibility index (Phi) is 4.53. The fourth-order valence-electron chi connectivity index (χ4n) is 1.38. The number of hydrogen-bond acceptors (Lipinski definition) is 3. The first kappa shape index (κ1) is 9.92. The summed E-state index contributed by atoms with van der Waals surface area (Å²) in [6.07, 6.45) is 0.473. The number of nitrogens with zero attached hydrogens (tertiary/aromatic N) is 2. The molecule has 1 aliphatic rings. The van der Waals surface area contributed by atoms with Crippen molar-refractivity contribution in [3.8, 4) is 0 Å². The van der Waals surface area contributed by atoms with Crippen LogP contribution in [0.25, 0.3) is 0 Å². The molecule has 1 atom stereocenters. The van der Waals surface area contributed by atoms with Crippen molar-refractivity contribution in [2.24, 2.45) is 0 Å². The van der Waals surface area contributed by atoms with Crippen LogP contribution in [0.2, 0.25) is 0 Å². The zero-order valence-corrected chi connectivity index (χ0v) is 7.32. The van der Waals surface area contributed by atoms with Crippen LogP contribution >= 0.6 is 0 Å². The summed E-state index contributed by atoms with van der Waals surface area (Å²) < 4.78 is 0. The lowest BCUT2D eigenvalue weighted by Crippen LogP contribution is -2.36. The van der Waals surface area contributed by atoms with E-state index < -0.39 is 6.10 Å². The second kappa shape index (κ2) is 5.48. The van der Waals surface area contributed by atoms with Gasteiger partial charge in [-0.05, 0) is 13.0 Å². The Balaban J connectivity index is 2.20. The van der Waals surface area contributed by atoms with E-state index in [0.717, 1.165) is 32.6 Å². The molecule has 1 radical (unpaired) electrons. The lowest BCUT2D eigenvalue weighted by atomic mass is 10.3. The summed E-state index contributed by atoms with van der Waals surface area (Å²) in [5, 5.41) is 22.1. The zero-order valence-electron chi connectivity index (χ0n) is 7.32. The van der Waals surface area contributed by atoms with Crippen molar-refractivity contribution < 1.29 is 10.2 Å². The van der Waals surface area contributed by atoms with Crippen LogP contribution in [0, 0.1) is 0 Å². The number of aliphatic hydroxyl groups excluding tert-OH is 2. The van der Waals surface area contributed by atoms with Crippen LogP contribution in [0.5, 0.6) is 0 Å². The molecule has 0 bridgehead atoms.